The molecule has 24 heavy (non-hydrogen) atoms. The highest BCUT2D eigenvalue weighted by atomic mass is 35.5. The Morgan fingerprint density at radius 1 is 1.33 bits per heavy atom. The van der Waals surface area contributed by atoms with Crippen LogP contribution in [-0.2, 0) is 15.8 Å². The van der Waals surface area contributed by atoms with E-state index in [1.807, 2.05) is 0 Å². The van der Waals surface area contributed by atoms with E-state index in [2.05, 4.69) is 9.97 Å². The number of nitro groups is 1. The predicted molar refractivity (Wildman–Crippen MR) is 85.0 cm³/mol. The lowest BCUT2D eigenvalue weighted by Gasteiger charge is -2.07. The van der Waals surface area contributed by atoms with Crippen molar-refractivity contribution in [1.82, 2.24) is 14.7 Å². The van der Waals surface area contributed by atoms with Crippen LogP contribution >= 0.6 is 11.6 Å². The fraction of sp³-hybridized carbons (Fsp3) is 0.154. The molecule has 0 atom stereocenters. The van der Waals surface area contributed by atoms with Crippen LogP contribution in [0.4, 0.5) is 5.69 Å². The van der Waals surface area contributed by atoms with Gasteiger partial charge in [-0.3, -0.25) is 14.9 Å². The predicted octanol–water partition coefficient (Wildman–Crippen LogP) is 1.61. The van der Waals surface area contributed by atoms with Crippen molar-refractivity contribution in [3.63, 3.8) is 0 Å². The van der Waals surface area contributed by atoms with Crippen LogP contribution in [0.25, 0.3) is 0 Å². The summed E-state index contributed by atoms with van der Waals surface area (Å²) in [5.74, 6) is -1.53. The summed E-state index contributed by atoms with van der Waals surface area (Å²) in [6.07, 6.45) is 0. The number of benzene rings is 1. The van der Waals surface area contributed by atoms with E-state index in [0.29, 0.717) is 0 Å². The summed E-state index contributed by atoms with van der Waals surface area (Å²) in [5.41, 5.74) is -0.616. The molecule has 0 aliphatic rings. The number of hydrogen-bond acceptors (Lipinski definition) is 7. The normalized spacial score (nSPS) is 11.1. The van der Waals surface area contributed by atoms with Crippen molar-refractivity contribution in [2.45, 2.75) is 12.7 Å². The van der Waals surface area contributed by atoms with E-state index in [1.54, 1.807) is 4.72 Å². The molecular formula is C13H11ClN4O5S. The van der Waals surface area contributed by atoms with Crippen molar-refractivity contribution in [3.8, 4) is 0 Å². The minimum absolute atomic E-state index is 0.0104. The van der Waals surface area contributed by atoms with Gasteiger partial charge >= 0.3 is 0 Å². The van der Waals surface area contributed by atoms with E-state index in [0.717, 1.165) is 6.07 Å². The summed E-state index contributed by atoms with van der Waals surface area (Å²) < 4.78 is 26.0. The summed E-state index contributed by atoms with van der Waals surface area (Å²) >= 11 is 5.70. The number of para-hydroxylation sites is 1. The first-order valence-electron chi connectivity index (χ1n) is 6.46. The average Bonchev–Trinajstić information content (AvgIpc) is 2.45. The Hall–Kier alpha value is -2.59. The first-order chi connectivity index (χ1) is 11.2. The first-order valence-corrected chi connectivity index (χ1v) is 8.49. The van der Waals surface area contributed by atoms with Crippen LogP contribution in [0.2, 0.25) is 5.15 Å². The van der Waals surface area contributed by atoms with Crippen LogP contribution < -0.4 is 4.72 Å². The lowest BCUT2D eigenvalue weighted by atomic mass is 10.2. The number of sulfonamides is 1. The number of halogens is 1. The van der Waals surface area contributed by atoms with Crippen LogP contribution in [0.1, 0.15) is 21.9 Å². The number of nitrogens with one attached hydrogen (secondary N) is 1. The van der Waals surface area contributed by atoms with E-state index in [4.69, 9.17) is 11.6 Å². The number of rotatable bonds is 5. The Morgan fingerprint density at radius 2 is 2.00 bits per heavy atom. The van der Waals surface area contributed by atoms with Crippen molar-refractivity contribution < 1.29 is 18.1 Å². The molecule has 1 heterocycles. The molecule has 0 radical (unpaired) electrons. The molecule has 0 saturated carbocycles. The molecule has 0 saturated heterocycles. The van der Waals surface area contributed by atoms with Crippen molar-refractivity contribution in [2.24, 2.45) is 0 Å². The van der Waals surface area contributed by atoms with Gasteiger partial charge in [-0.15, -0.1) is 0 Å². The monoisotopic (exact) mass is 370 g/mol. The Kier molecular flexibility index (Phi) is 5.10. The zero-order chi connectivity index (χ0) is 17.9. The molecule has 1 N–H and O–H groups in total. The van der Waals surface area contributed by atoms with Gasteiger partial charge in [-0.2, -0.15) is 0 Å². The molecule has 0 spiro atoms. The molecule has 2 rings (SSSR count). The van der Waals surface area contributed by atoms with Gasteiger partial charge in [0.15, 0.2) is 0 Å². The van der Waals surface area contributed by atoms with Gasteiger partial charge in [0, 0.05) is 17.7 Å². The number of aromatic nitrogens is 2. The number of hydrogen-bond donors (Lipinski definition) is 1. The number of carbonyl (C=O) groups excluding carboxylic acids is 1. The molecular weight excluding hydrogens is 360 g/mol. The second-order valence-corrected chi connectivity index (χ2v) is 6.81. The van der Waals surface area contributed by atoms with Gasteiger partial charge in [0.1, 0.15) is 22.4 Å². The summed E-state index contributed by atoms with van der Waals surface area (Å²) in [6.45, 7) is 1.49. The number of nitro benzene ring substituents is 1. The Morgan fingerprint density at radius 3 is 2.62 bits per heavy atom. The fourth-order valence-electron chi connectivity index (χ4n) is 1.89. The lowest BCUT2D eigenvalue weighted by molar-refractivity contribution is -0.385. The van der Waals surface area contributed by atoms with E-state index in [1.165, 1.54) is 31.2 Å². The topological polar surface area (TPSA) is 132 Å². The van der Waals surface area contributed by atoms with Gasteiger partial charge < -0.3 is 0 Å². The number of nitrogens with zero attached hydrogens (tertiary/aromatic N) is 3. The van der Waals surface area contributed by atoms with Gasteiger partial charge in [0.2, 0.25) is 10.0 Å². The molecule has 9 nitrogen and oxygen atoms in total. The highest BCUT2D eigenvalue weighted by molar-refractivity contribution is 7.89. The van der Waals surface area contributed by atoms with Crippen LogP contribution in [-0.4, -0.2) is 29.2 Å². The first kappa shape index (κ1) is 17.8. The molecule has 11 heteroatoms. The molecule has 0 aliphatic heterocycles. The number of aryl methyl sites for hydroxylation is 1. The minimum Gasteiger partial charge on any atom is -0.266 e. The number of carbonyl (C=O) groups is 1. The van der Waals surface area contributed by atoms with Gasteiger partial charge in [-0.1, -0.05) is 29.8 Å². The second kappa shape index (κ2) is 6.89. The minimum atomic E-state index is -4.17. The maximum atomic E-state index is 12.1. The fourth-order valence-corrected chi connectivity index (χ4v) is 3.23. The SMILES string of the molecule is Cc1nc(Cl)cc(C(=O)NS(=O)(=O)Cc2ccccc2[N+](=O)[O-])n1. The molecule has 0 fully saturated rings. The lowest BCUT2D eigenvalue weighted by Crippen LogP contribution is -2.32. The Labute approximate surface area is 141 Å². The maximum Gasteiger partial charge on any atom is 0.283 e. The summed E-state index contributed by atoms with van der Waals surface area (Å²) in [4.78, 5) is 29.8. The molecule has 0 bridgehead atoms. The summed E-state index contributed by atoms with van der Waals surface area (Å²) in [6, 6.07) is 6.48. The van der Waals surface area contributed by atoms with Gasteiger partial charge in [-0.05, 0) is 6.92 Å². The maximum absolute atomic E-state index is 12.1. The smallest absolute Gasteiger partial charge is 0.266 e. The summed E-state index contributed by atoms with van der Waals surface area (Å²) in [7, 11) is -4.17. The van der Waals surface area contributed by atoms with E-state index in [9.17, 15) is 23.3 Å². The van der Waals surface area contributed by atoms with Crippen LogP contribution in [0.15, 0.2) is 30.3 Å². The summed E-state index contributed by atoms with van der Waals surface area (Å²) in [5, 5.41) is 10.9. The second-order valence-electron chi connectivity index (χ2n) is 4.70. The molecule has 1 aromatic heterocycles. The Balaban J connectivity index is 2.23. The highest BCUT2D eigenvalue weighted by Gasteiger charge is 2.23. The van der Waals surface area contributed by atoms with Crippen molar-refractivity contribution in [1.29, 1.82) is 0 Å². The van der Waals surface area contributed by atoms with Gasteiger partial charge in [0.25, 0.3) is 11.6 Å². The third-order valence-corrected chi connectivity index (χ3v) is 4.20. The third-order valence-electron chi connectivity index (χ3n) is 2.82. The average molecular weight is 371 g/mol. The van der Waals surface area contributed by atoms with Gasteiger partial charge in [0.05, 0.1) is 4.92 Å². The number of amides is 1. The molecule has 0 aliphatic carbocycles. The van der Waals surface area contributed by atoms with E-state index < -0.39 is 26.6 Å². The molecule has 1 aromatic carbocycles. The molecule has 126 valence electrons. The zero-order valence-electron chi connectivity index (χ0n) is 12.3. The molecule has 1 amide bonds. The van der Waals surface area contributed by atoms with Crippen molar-refractivity contribution >= 4 is 33.2 Å². The van der Waals surface area contributed by atoms with E-state index in [-0.39, 0.29) is 27.9 Å². The molecule has 0 unspecified atom stereocenters. The van der Waals surface area contributed by atoms with Crippen molar-refractivity contribution in [3.05, 3.63) is 62.7 Å². The third kappa shape index (κ3) is 4.46. The quantitative estimate of drug-likeness (QED) is 0.480. The molecule has 2 aromatic rings. The van der Waals surface area contributed by atoms with Crippen LogP contribution in [0.3, 0.4) is 0 Å². The zero-order valence-corrected chi connectivity index (χ0v) is 13.8. The highest BCUT2D eigenvalue weighted by Crippen LogP contribution is 2.19. The van der Waals surface area contributed by atoms with Crippen molar-refractivity contribution in [2.75, 3.05) is 0 Å². The van der Waals surface area contributed by atoms with E-state index >= 15 is 0 Å². The largest absolute Gasteiger partial charge is 0.283 e. The standard InChI is InChI=1S/C13H11ClN4O5S/c1-8-15-10(6-12(14)16-8)13(19)17-24(22,23)7-9-4-2-3-5-11(9)18(20)21/h2-6H,7H2,1H3,(H,17,19). The van der Waals surface area contributed by atoms with Gasteiger partial charge in [-0.25, -0.2) is 23.1 Å². The van der Waals surface area contributed by atoms with Crippen LogP contribution in [0, 0.1) is 17.0 Å². The Bertz CT molecular complexity index is 896. The van der Waals surface area contributed by atoms with Crippen LogP contribution in [0.5, 0.6) is 0 Å².